The average Bonchev–Trinajstić information content (AvgIpc) is 1.90. The maximum atomic E-state index is 8.65. The van der Waals surface area contributed by atoms with E-state index in [2.05, 4.69) is 11.6 Å². The first-order chi connectivity index (χ1) is 4.73. The molecule has 0 saturated heterocycles. The lowest BCUT2D eigenvalue weighted by Gasteiger charge is -1.73. The molecule has 54 valence electrons. The highest BCUT2D eigenvalue weighted by molar-refractivity contribution is 6.59. The Hall–Kier alpha value is -1.02. The summed E-state index contributed by atoms with van der Waals surface area (Å²) in [7, 11) is 0. The molecule has 0 fully saturated rings. The van der Waals surface area contributed by atoms with Crippen LogP contribution in [-0.2, 0) is 0 Å². The maximum Gasteiger partial charge on any atom is 0.134 e. The topological polar surface area (TPSA) is 40.1 Å². The van der Waals surface area contributed by atoms with Crippen LogP contribution in [0.4, 0.5) is 4.79 Å². The van der Waals surface area contributed by atoms with Gasteiger partial charge in [-0.25, -0.2) is 0 Å². The fourth-order valence-corrected chi connectivity index (χ4v) is 0.385. The van der Waals surface area contributed by atoms with Gasteiger partial charge in [0.1, 0.15) is 5.43 Å². The van der Waals surface area contributed by atoms with Crippen molar-refractivity contribution in [2.24, 2.45) is 0 Å². The van der Waals surface area contributed by atoms with E-state index >= 15 is 0 Å². The van der Waals surface area contributed by atoms with Crippen molar-refractivity contribution < 1.29 is 9.90 Å². The van der Waals surface area contributed by atoms with Gasteiger partial charge >= 0.3 is 0 Å². The highest BCUT2D eigenvalue weighted by Crippen LogP contribution is 1.79. The molecule has 10 heavy (non-hydrogen) atoms. The van der Waals surface area contributed by atoms with E-state index in [1.807, 2.05) is 36.4 Å². The predicted octanol–water partition coefficient (Wildman–Crippen LogP) is 1.26. The first kappa shape index (κ1) is 8.98. The molecule has 0 aromatic heterocycles. The number of halogens is 1. The van der Waals surface area contributed by atoms with Crippen molar-refractivity contribution >= 4 is 17.0 Å². The van der Waals surface area contributed by atoms with Gasteiger partial charge in [0.05, 0.1) is 0 Å². The second kappa shape index (κ2) is 6.11. The Balaban J connectivity index is 0.000000180. The van der Waals surface area contributed by atoms with E-state index < -0.39 is 5.43 Å². The molecule has 0 bridgehead atoms. The molecule has 0 aliphatic rings. The fraction of sp³-hybridized carbons (Fsp3) is 0. The molecule has 0 aliphatic carbocycles. The Morgan fingerprint density at radius 2 is 1.10 bits per heavy atom. The number of benzene rings is 1. The Bertz CT molecular complexity index is 144. The molecule has 0 N–H and O–H groups in total. The van der Waals surface area contributed by atoms with Crippen LogP contribution in [-0.4, -0.2) is 5.43 Å². The minimum atomic E-state index is -1.61. The molecule has 0 unspecified atom stereocenters. The van der Waals surface area contributed by atoms with Crippen LogP contribution in [0.1, 0.15) is 0 Å². The molecule has 1 rings (SSSR count). The van der Waals surface area contributed by atoms with E-state index in [0.29, 0.717) is 0 Å². The number of carbonyl (C=O) groups is 1. The summed E-state index contributed by atoms with van der Waals surface area (Å²) in [6.07, 6.45) is 0. The zero-order chi connectivity index (χ0) is 7.82. The quantitative estimate of drug-likeness (QED) is 0.532. The molecule has 0 spiro atoms. The Morgan fingerprint density at radius 1 is 1.00 bits per heavy atom. The predicted molar refractivity (Wildman–Crippen MR) is 37.7 cm³/mol. The smallest absolute Gasteiger partial charge is 0.134 e. The van der Waals surface area contributed by atoms with E-state index in [1.54, 1.807) is 0 Å². The molecule has 3 heteroatoms. The molecule has 0 radical (unpaired) electrons. The molecule has 0 saturated carbocycles. The number of hydrogen-bond donors (Lipinski definition) is 0. The monoisotopic (exact) mass is 157 g/mol. The summed E-state index contributed by atoms with van der Waals surface area (Å²) >= 11 is 4.08. The summed E-state index contributed by atoms with van der Waals surface area (Å²) in [5, 5.41) is 8.65. The zero-order valence-electron chi connectivity index (χ0n) is 5.16. The minimum Gasteiger partial charge on any atom is -0.534 e. The lowest BCUT2D eigenvalue weighted by atomic mass is 10.4. The van der Waals surface area contributed by atoms with Crippen LogP contribution in [0.15, 0.2) is 36.4 Å². The molecular formula is C7H6ClO2-. The lowest BCUT2D eigenvalue weighted by Crippen LogP contribution is -2.11. The van der Waals surface area contributed by atoms with Gasteiger partial charge in [0.15, 0.2) is 0 Å². The van der Waals surface area contributed by atoms with E-state index in [9.17, 15) is 0 Å². The third-order valence-corrected chi connectivity index (χ3v) is 0.667. The summed E-state index contributed by atoms with van der Waals surface area (Å²) in [6.45, 7) is 0. The third-order valence-electron chi connectivity index (χ3n) is 0.667. The van der Waals surface area contributed by atoms with Crippen LogP contribution in [0.5, 0.6) is 0 Å². The summed E-state index contributed by atoms with van der Waals surface area (Å²) in [6, 6.07) is 12.0. The summed E-state index contributed by atoms with van der Waals surface area (Å²) in [5.74, 6) is 0. The van der Waals surface area contributed by atoms with Crippen molar-refractivity contribution in [2.45, 2.75) is 0 Å². The Kier molecular flexibility index (Phi) is 5.48. The Morgan fingerprint density at radius 3 is 1.20 bits per heavy atom. The van der Waals surface area contributed by atoms with Crippen molar-refractivity contribution in [3.05, 3.63) is 36.4 Å². The molecule has 2 nitrogen and oxygen atoms in total. The number of rotatable bonds is 0. The van der Waals surface area contributed by atoms with Gasteiger partial charge in [-0.1, -0.05) is 48.0 Å². The first-order valence-electron chi connectivity index (χ1n) is 2.60. The largest absolute Gasteiger partial charge is 0.534 e. The first-order valence-corrected chi connectivity index (χ1v) is 2.98. The van der Waals surface area contributed by atoms with Crippen LogP contribution in [0, 0.1) is 0 Å². The van der Waals surface area contributed by atoms with Gasteiger partial charge in [-0.2, -0.15) is 0 Å². The molecule has 1 aromatic rings. The van der Waals surface area contributed by atoms with Crippen LogP contribution >= 0.6 is 11.6 Å². The van der Waals surface area contributed by atoms with Gasteiger partial charge in [0.2, 0.25) is 0 Å². The standard InChI is InChI=1S/C6H6.CHClO2/c1-2-4-6-5-3-1;2-1(3)4/h1-6H;(H,3,4)/p-1. The van der Waals surface area contributed by atoms with Crippen LogP contribution in [0.2, 0.25) is 0 Å². The highest BCUT2D eigenvalue weighted by Gasteiger charge is 1.57. The van der Waals surface area contributed by atoms with Crippen molar-refractivity contribution in [3.8, 4) is 0 Å². The highest BCUT2D eigenvalue weighted by atomic mass is 35.5. The zero-order valence-corrected chi connectivity index (χ0v) is 5.91. The van der Waals surface area contributed by atoms with E-state index in [-0.39, 0.29) is 0 Å². The molecular weight excluding hydrogens is 152 g/mol. The van der Waals surface area contributed by atoms with Gasteiger partial charge in [-0.05, 0) is 0 Å². The van der Waals surface area contributed by atoms with E-state index in [0.717, 1.165) is 0 Å². The van der Waals surface area contributed by atoms with Crippen LogP contribution < -0.4 is 5.11 Å². The second-order valence-corrected chi connectivity index (χ2v) is 1.70. The van der Waals surface area contributed by atoms with Gasteiger partial charge < -0.3 is 9.90 Å². The number of carboxylic acid groups (broad SMARTS) is 1. The second-order valence-electron chi connectivity index (χ2n) is 1.39. The van der Waals surface area contributed by atoms with E-state index in [4.69, 9.17) is 9.90 Å². The molecule has 0 heterocycles. The van der Waals surface area contributed by atoms with Gasteiger partial charge in [-0.15, -0.1) is 0 Å². The molecule has 0 atom stereocenters. The average molecular weight is 158 g/mol. The van der Waals surface area contributed by atoms with Crippen LogP contribution in [0.3, 0.4) is 0 Å². The maximum absolute atomic E-state index is 8.65. The summed E-state index contributed by atoms with van der Waals surface area (Å²) in [4.78, 5) is 8.65. The van der Waals surface area contributed by atoms with E-state index in [1.165, 1.54) is 0 Å². The van der Waals surface area contributed by atoms with Crippen molar-refractivity contribution in [2.75, 3.05) is 0 Å². The summed E-state index contributed by atoms with van der Waals surface area (Å²) in [5.41, 5.74) is -1.61. The molecule has 0 amide bonds. The normalized spacial score (nSPS) is 7.30. The van der Waals surface area contributed by atoms with Gasteiger partial charge in [0.25, 0.3) is 0 Å². The van der Waals surface area contributed by atoms with Crippen molar-refractivity contribution in [3.63, 3.8) is 0 Å². The van der Waals surface area contributed by atoms with Gasteiger partial charge in [0, 0.05) is 0 Å². The minimum absolute atomic E-state index is 1.61. The van der Waals surface area contributed by atoms with Gasteiger partial charge in [-0.3, -0.25) is 0 Å². The molecule has 1 aromatic carbocycles. The number of hydrogen-bond acceptors (Lipinski definition) is 2. The van der Waals surface area contributed by atoms with Crippen molar-refractivity contribution in [1.29, 1.82) is 0 Å². The lowest BCUT2D eigenvalue weighted by molar-refractivity contribution is -0.233. The Labute approximate surface area is 64.1 Å². The fourth-order valence-electron chi connectivity index (χ4n) is 0.385. The SMILES string of the molecule is O=C([O-])Cl.c1ccccc1. The number of carbonyl (C=O) groups excluding carboxylic acids is 1. The molecule has 0 aliphatic heterocycles. The van der Waals surface area contributed by atoms with Crippen molar-refractivity contribution in [1.82, 2.24) is 0 Å². The third kappa shape index (κ3) is 10.1. The van der Waals surface area contributed by atoms with Crippen LogP contribution in [0.25, 0.3) is 0 Å². The summed E-state index contributed by atoms with van der Waals surface area (Å²) < 4.78 is 0.